The van der Waals surface area contributed by atoms with E-state index in [0.717, 1.165) is 10.7 Å². The first kappa shape index (κ1) is 12.1. The molecule has 0 unspecified atom stereocenters. The molecule has 18 heavy (non-hydrogen) atoms. The number of hydrogen-bond donors (Lipinski definition) is 1. The van der Waals surface area contributed by atoms with E-state index in [2.05, 4.69) is 10.1 Å². The van der Waals surface area contributed by atoms with Crippen molar-refractivity contribution in [3.63, 3.8) is 0 Å². The summed E-state index contributed by atoms with van der Waals surface area (Å²) in [7, 11) is 0. The van der Waals surface area contributed by atoms with Crippen LogP contribution >= 0.6 is 0 Å². The Morgan fingerprint density at radius 3 is 2.56 bits per heavy atom. The van der Waals surface area contributed by atoms with E-state index in [4.69, 9.17) is 5.11 Å². The van der Waals surface area contributed by atoms with Gasteiger partial charge >= 0.3 is 12.1 Å². The summed E-state index contributed by atoms with van der Waals surface area (Å²) in [5.41, 5.74) is -1.52. The molecule has 5 nitrogen and oxygen atoms in total. The van der Waals surface area contributed by atoms with Gasteiger partial charge in [0.2, 0.25) is 0 Å². The van der Waals surface area contributed by atoms with Crippen molar-refractivity contribution in [1.29, 1.82) is 0 Å². The van der Waals surface area contributed by atoms with Crippen LogP contribution in [0.1, 0.15) is 16.1 Å². The van der Waals surface area contributed by atoms with Crippen molar-refractivity contribution in [3.8, 4) is 5.82 Å². The third kappa shape index (κ3) is 2.17. The number of carboxylic acids is 1. The molecule has 8 heteroatoms. The molecule has 2 aromatic rings. The fourth-order valence-electron chi connectivity index (χ4n) is 1.36. The molecule has 0 atom stereocenters. The van der Waals surface area contributed by atoms with Gasteiger partial charge in [0.15, 0.2) is 11.5 Å². The van der Waals surface area contributed by atoms with Crippen LogP contribution in [0.25, 0.3) is 5.82 Å². The molecule has 0 aromatic carbocycles. The second-order valence-electron chi connectivity index (χ2n) is 3.32. The third-order valence-electron chi connectivity index (χ3n) is 2.12. The molecule has 1 N–H and O–H groups in total. The quantitative estimate of drug-likeness (QED) is 0.893. The van der Waals surface area contributed by atoms with Crippen molar-refractivity contribution in [1.82, 2.24) is 14.8 Å². The zero-order valence-corrected chi connectivity index (χ0v) is 8.72. The van der Waals surface area contributed by atoms with E-state index < -0.39 is 29.2 Å². The lowest BCUT2D eigenvalue weighted by atomic mass is 10.2. The lowest BCUT2D eigenvalue weighted by molar-refractivity contribution is -0.137. The van der Waals surface area contributed by atoms with Gasteiger partial charge in [-0.3, -0.25) is 0 Å². The van der Waals surface area contributed by atoms with Gasteiger partial charge < -0.3 is 5.11 Å². The maximum absolute atomic E-state index is 12.7. The first-order valence-corrected chi connectivity index (χ1v) is 4.71. The molecule has 0 spiro atoms. The van der Waals surface area contributed by atoms with Gasteiger partial charge in [0.05, 0.1) is 0 Å². The van der Waals surface area contributed by atoms with Crippen LogP contribution in [0.4, 0.5) is 13.2 Å². The number of aromatic carboxylic acids is 1. The molecule has 2 rings (SSSR count). The van der Waals surface area contributed by atoms with Crippen molar-refractivity contribution in [2.24, 2.45) is 0 Å². The number of aromatic nitrogens is 3. The summed E-state index contributed by atoms with van der Waals surface area (Å²) in [5.74, 6) is -1.97. The summed E-state index contributed by atoms with van der Waals surface area (Å²) >= 11 is 0. The molecule has 2 aromatic heterocycles. The summed E-state index contributed by atoms with van der Waals surface area (Å²) in [5, 5.41) is 12.3. The van der Waals surface area contributed by atoms with Crippen molar-refractivity contribution < 1.29 is 23.1 Å². The average Bonchev–Trinajstić information content (AvgIpc) is 2.80. The number of carbonyl (C=O) groups is 1. The lowest BCUT2D eigenvalue weighted by Crippen LogP contribution is -2.15. The van der Waals surface area contributed by atoms with Crippen LogP contribution in [0.5, 0.6) is 0 Å². The fourth-order valence-corrected chi connectivity index (χ4v) is 1.36. The number of pyridine rings is 1. The number of alkyl halides is 3. The van der Waals surface area contributed by atoms with Gasteiger partial charge in [-0.15, -0.1) is 0 Å². The fraction of sp³-hybridized carbons (Fsp3) is 0.100. The predicted molar refractivity (Wildman–Crippen MR) is 53.3 cm³/mol. The first-order valence-electron chi connectivity index (χ1n) is 4.71. The molecule has 0 amide bonds. The molecule has 94 valence electrons. The maximum Gasteiger partial charge on any atom is 0.420 e. The second kappa shape index (κ2) is 4.13. The average molecular weight is 257 g/mol. The Morgan fingerprint density at radius 2 is 2.06 bits per heavy atom. The monoisotopic (exact) mass is 257 g/mol. The summed E-state index contributed by atoms with van der Waals surface area (Å²) in [6.45, 7) is 0. The number of halogens is 3. The van der Waals surface area contributed by atoms with E-state index in [9.17, 15) is 18.0 Å². The minimum Gasteiger partial charge on any atom is -0.477 e. The Balaban J connectivity index is 2.65. The molecule has 0 aliphatic rings. The van der Waals surface area contributed by atoms with Crippen LogP contribution in [0.15, 0.2) is 30.6 Å². The Kier molecular flexibility index (Phi) is 2.77. The molecular weight excluding hydrogens is 251 g/mol. The lowest BCUT2D eigenvalue weighted by Gasteiger charge is -2.12. The highest BCUT2D eigenvalue weighted by Crippen LogP contribution is 2.32. The molecule has 0 bridgehead atoms. The van der Waals surface area contributed by atoms with E-state index in [0.29, 0.717) is 6.07 Å². The van der Waals surface area contributed by atoms with Crippen molar-refractivity contribution >= 4 is 5.97 Å². The molecular formula is C10H6F3N3O2. The van der Waals surface area contributed by atoms with E-state index in [1.165, 1.54) is 18.5 Å². The minimum absolute atomic E-state index is 0.478. The molecule has 0 radical (unpaired) electrons. The van der Waals surface area contributed by atoms with Crippen LogP contribution in [0.3, 0.4) is 0 Å². The molecule has 0 saturated carbocycles. The van der Waals surface area contributed by atoms with E-state index in [1.54, 1.807) is 0 Å². The highest BCUT2D eigenvalue weighted by Gasteiger charge is 2.35. The summed E-state index contributed by atoms with van der Waals surface area (Å²) in [4.78, 5) is 14.2. The smallest absolute Gasteiger partial charge is 0.420 e. The first-order chi connectivity index (χ1) is 8.39. The normalized spacial score (nSPS) is 11.5. The topological polar surface area (TPSA) is 68.0 Å². The molecule has 0 aliphatic carbocycles. The Morgan fingerprint density at radius 1 is 1.33 bits per heavy atom. The van der Waals surface area contributed by atoms with Gasteiger partial charge in [0.25, 0.3) is 0 Å². The van der Waals surface area contributed by atoms with Gasteiger partial charge in [0.1, 0.15) is 5.56 Å². The van der Waals surface area contributed by atoms with Crippen LogP contribution < -0.4 is 0 Å². The van der Waals surface area contributed by atoms with E-state index in [-0.39, 0.29) is 0 Å². The van der Waals surface area contributed by atoms with Crippen LogP contribution in [-0.4, -0.2) is 25.8 Å². The molecule has 2 heterocycles. The summed E-state index contributed by atoms with van der Waals surface area (Å²) in [6.07, 6.45) is -2.11. The van der Waals surface area contributed by atoms with Gasteiger partial charge in [-0.2, -0.15) is 18.3 Å². The number of nitrogens with zero attached hydrogens (tertiary/aromatic N) is 3. The number of rotatable bonds is 2. The van der Waals surface area contributed by atoms with E-state index >= 15 is 0 Å². The number of hydrogen-bond acceptors (Lipinski definition) is 3. The van der Waals surface area contributed by atoms with Gasteiger partial charge in [0, 0.05) is 12.4 Å². The Bertz CT molecular complexity index is 579. The Hall–Kier alpha value is -2.38. The SMILES string of the molecule is O=C(O)c1ccc(C(F)(F)F)c(-n2cccn2)n1. The Labute approximate surface area is 98.5 Å². The zero-order valence-electron chi connectivity index (χ0n) is 8.72. The standard InChI is InChI=1S/C10H6F3N3O2/c11-10(12,13)6-2-3-7(9(17)18)15-8(6)16-5-1-4-14-16/h1-5H,(H,17,18). The maximum atomic E-state index is 12.7. The summed E-state index contributed by atoms with van der Waals surface area (Å²) < 4.78 is 39.1. The van der Waals surface area contributed by atoms with Crippen molar-refractivity contribution in [2.45, 2.75) is 6.18 Å². The van der Waals surface area contributed by atoms with Crippen molar-refractivity contribution in [3.05, 3.63) is 41.9 Å². The molecule has 0 fully saturated rings. The largest absolute Gasteiger partial charge is 0.477 e. The van der Waals surface area contributed by atoms with Crippen LogP contribution in [-0.2, 0) is 6.18 Å². The highest BCUT2D eigenvalue weighted by atomic mass is 19.4. The summed E-state index contributed by atoms with van der Waals surface area (Å²) in [6, 6.07) is 2.89. The van der Waals surface area contributed by atoms with Crippen molar-refractivity contribution in [2.75, 3.05) is 0 Å². The van der Waals surface area contributed by atoms with Crippen LogP contribution in [0.2, 0.25) is 0 Å². The molecule has 0 aliphatic heterocycles. The number of carboxylic acid groups (broad SMARTS) is 1. The predicted octanol–water partition coefficient (Wildman–Crippen LogP) is 1.98. The second-order valence-corrected chi connectivity index (χ2v) is 3.32. The third-order valence-corrected chi connectivity index (χ3v) is 2.12. The minimum atomic E-state index is -4.63. The van der Waals surface area contributed by atoms with E-state index in [1.807, 2.05) is 0 Å². The van der Waals surface area contributed by atoms with Crippen LogP contribution in [0, 0.1) is 0 Å². The highest BCUT2D eigenvalue weighted by molar-refractivity contribution is 5.85. The zero-order chi connectivity index (χ0) is 13.3. The van der Waals surface area contributed by atoms with Gasteiger partial charge in [-0.25, -0.2) is 14.5 Å². The van der Waals surface area contributed by atoms with Gasteiger partial charge in [-0.1, -0.05) is 0 Å². The van der Waals surface area contributed by atoms with Gasteiger partial charge in [-0.05, 0) is 18.2 Å². The molecule has 0 saturated heterocycles.